The highest BCUT2D eigenvalue weighted by molar-refractivity contribution is 6.10. The Labute approximate surface area is 146 Å². The molecule has 0 spiro atoms. The van der Waals surface area contributed by atoms with E-state index in [4.69, 9.17) is 14.1 Å². The van der Waals surface area contributed by atoms with Gasteiger partial charge in [0, 0.05) is 5.56 Å². The third-order valence-corrected chi connectivity index (χ3v) is 3.75. The molecule has 25 heavy (non-hydrogen) atoms. The van der Waals surface area contributed by atoms with Crippen molar-refractivity contribution in [2.75, 3.05) is 7.11 Å². The molecular weight excluding hydrogens is 318 g/mol. The average Bonchev–Trinajstić information content (AvgIpc) is 3.15. The molecule has 3 rings (SSSR count). The van der Waals surface area contributed by atoms with Crippen LogP contribution in [0.3, 0.4) is 0 Å². The van der Waals surface area contributed by atoms with E-state index in [1.165, 1.54) is 13.4 Å². The van der Waals surface area contributed by atoms with Crippen LogP contribution in [0.2, 0.25) is 0 Å². The molecule has 0 saturated heterocycles. The van der Waals surface area contributed by atoms with Gasteiger partial charge in [-0.3, -0.25) is 0 Å². The van der Waals surface area contributed by atoms with Crippen molar-refractivity contribution in [3.05, 3.63) is 76.9 Å². The van der Waals surface area contributed by atoms with Gasteiger partial charge in [0.1, 0.15) is 19.5 Å². The first-order chi connectivity index (χ1) is 12.2. The molecule has 0 bridgehead atoms. The van der Waals surface area contributed by atoms with E-state index >= 15 is 0 Å². The lowest BCUT2D eigenvalue weighted by Crippen LogP contribution is -2.10. The predicted molar refractivity (Wildman–Crippen MR) is 93.6 cm³/mol. The highest BCUT2D eigenvalue weighted by Crippen LogP contribution is 2.22. The fourth-order valence-electron chi connectivity index (χ4n) is 2.47. The number of hydrogen-bond donors (Lipinski definition) is 0. The lowest BCUT2D eigenvalue weighted by molar-refractivity contribution is 0.212. The first kappa shape index (κ1) is 16.7. The molecule has 0 unspecified atom stereocenters. The monoisotopic (exact) mass is 337 g/mol. The zero-order valence-electron chi connectivity index (χ0n) is 14.4. The van der Waals surface area contributed by atoms with Gasteiger partial charge in [-0.2, -0.15) is 4.98 Å². The van der Waals surface area contributed by atoms with Crippen molar-refractivity contribution in [2.24, 2.45) is 5.16 Å². The van der Waals surface area contributed by atoms with E-state index in [-0.39, 0.29) is 0 Å². The van der Waals surface area contributed by atoms with Crippen LogP contribution in [0.25, 0.3) is 0 Å². The summed E-state index contributed by atoms with van der Waals surface area (Å²) < 4.78 is 11.2. The van der Waals surface area contributed by atoms with Gasteiger partial charge >= 0.3 is 0 Å². The Hall–Kier alpha value is -3.15. The third-order valence-electron chi connectivity index (χ3n) is 3.75. The SMILES string of the molecule is CO/N=C(/c1ncno1)c1ccccc1COc1cc(C)ccc1C. The van der Waals surface area contributed by atoms with Gasteiger partial charge in [-0.1, -0.05) is 46.7 Å². The van der Waals surface area contributed by atoms with Crippen LogP contribution in [0.15, 0.2) is 58.5 Å². The van der Waals surface area contributed by atoms with Crippen LogP contribution in [-0.4, -0.2) is 23.0 Å². The minimum absolute atomic E-state index is 0.293. The number of benzene rings is 2. The summed E-state index contributed by atoms with van der Waals surface area (Å²) in [7, 11) is 1.48. The summed E-state index contributed by atoms with van der Waals surface area (Å²) in [6, 6.07) is 13.9. The molecule has 0 amide bonds. The Morgan fingerprint density at radius 1 is 1.16 bits per heavy atom. The number of aromatic nitrogens is 2. The van der Waals surface area contributed by atoms with E-state index in [9.17, 15) is 0 Å². The van der Waals surface area contributed by atoms with Crippen LogP contribution in [0.4, 0.5) is 0 Å². The zero-order chi connectivity index (χ0) is 17.6. The Kier molecular flexibility index (Phi) is 5.09. The Morgan fingerprint density at radius 2 is 2.00 bits per heavy atom. The van der Waals surface area contributed by atoms with Crippen LogP contribution in [-0.2, 0) is 11.4 Å². The van der Waals surface area contributed by atoms with Gasteiger partial charge in [0.05, 0.1) is 0 Å². The van der Waals surface area contributed by atoms with Crippen molar-refractivity contribution in [3.8, 4) is 5.75 Å². The molecule has 6 nitrogen and oxygen atoms in total. The molecule has 0 atom stereocenters. The summed E-state index contributed by atoms with van der Waals surface area (Å²) in [4.78, 5) is 9.02. The van der Waals surface area contributed by atoms with E-state index in [0.29, 0.717) is 18.2 Å². The number of hydrogen-bond acceptors (Lipinski definition) is 6. The van der Waals surface area contributed by atoms with Crippen molar-refractivity contribution in [3.63, 3.8) is 0 Å². The van der Waals surface area contributed by atoms with Gasteiger partial charge in [-0.05, 0) is 36.6 Å². The van der Waals surface area contributed by atoms with E-state index in [2.05, 4.69) is 21.4 Å². The molecule has 128 valence electrons. The molecule has 2 aromatic carbocycles. The summed E-state index contributed by atoms with van der Waals surface area (Å²) >= 11 is 0. The molecule has 0 aliphatic rings. The van der Waals surface area contributed by atoms with E-state index in [0.717, 1.165) is 28.0 Å². The number of rotatable bonds is 6. The van der Waals surface area contributed by atoms with Crippen LogP contribution in [0.5, 0.6) is 5.75 Å². The van der Waals surface area contributed by atoms with Gasteiger partial charge in [-0.15, -0.1) is 0 Å². The second-order valence-electron chi connectivity index (χ2n) is 5.58. The largest absolute Gasteiger partial charge is 0.489 e. The molecule has 1 heterocycles. The molecule has 0 saturated carbocycles. The fraction of sp³-hybridized carbons (Fsp3) is 0.211. The van der Waals surface area contributed by atoms with E-state index in [1.807, 2.05) is 50.2 Å². The second kappa shape index (κ2) is 7.61. The minimum Gasteiger partial charge on any atom is -0.489 e. The summed E-state index contributed by atoms with van der Waals surface area (Å²) in [6.45, 7) is 4.45. The van der Waals surface area contributed by atoms with E-state index in [1.54, 1.807) is 0 Å². The number of nitrogens with zero attached hydrogens (tertiary/aromatic N) is 3. The molecular formula is C19H19N3O3. The van der Waals surface area contributed by atoms with Crippen LogP contribution in [0.1, 0.15) is 28.1 Å². The minimum atomic E-state index is 0.293. The number of ether oxygens (including phenoxy) is 1. The second-order valence-corrected chi connectivity index (χ2v) is 5.58. The summed E-state index contributed by atoms with van der Waals surface area (Å²) in [6.07, 6.45) is 1.33. The smallest absolute Gasteiger partial charge is 0.280 e. The topological polar surface area (TPSA) is 69.7 Å². The molecule has 3 aromatic rings. The molecule has 0 aliphatic carbocycles. The predicted octanol–water partition coefficient (Wildman–Crippen LogP) is 3.66. The maximum absolute atomic E-state index is 6.03. The van der Waals surface area contributed by atoms with Gasteiger partial charge < -0.3 is 14.1 Å². The lowest BCUT2D eigenvalue weighted by Gasteiger charge is -2.13. The standard InChI is InChI=1S/C19H19N3O3/c1-13-8-9-14(2)17(10-13)24-11-15-6-4-5-7-16(15)18(22-23-3)19-20-12-21-25-19/h4-10,12H,11H2,1-3H3/b22-18+. The highest BCUT2D eigenvalue weighted by Gasteiger charge is 2.17. The van der Waals surface area contributed by atoms with Crippen molar-refractivity contribution < 1.29 is 14.1 Å². The summed E-state index contributed by atoms with van der Waals surface area (Å²) in [5, 5.41) is 7.69. The van der Waals surface area contributed by atoms with Gasteiger partial charge in [0.15, 0.2) is 12.0 Å². The zero-order valence-corrected chi connectivity index (χ0v) is 14.4. The average molecular weight is 337 g/mol. The van der Waals surface area contributed by atoms with Crippen LogP contribution >= 0.6 is 0 Å². The highest BCUT2D eigenvalue weighted by atomic mass is 16.6. The Bertz CT molecular complexity index is 873. The lowest BCUT2D eigenvalue weighted by atomic mass is 10.0. The normalized spacial score (nSPS) is 11.4. The molecule has 0 fully saturated rings. The third kappa shape index (κ3) is 3.85. The maximum atomic E-state index is 6.03. The van der Waals surface area contributed by atoms with Gasteiger partial charge in [0.2, 0.25) is 0 Å². The first-order valence-corrected chi connectivity index (χ1v) is 7.85. The van der Waals surface area contributed by atoms with Crippen molar-refractivity contribution in [1.82, 2.24) is 10.1 Å². The number of aryl methyl sites for hydroxylation is 2. The Morgan fingerprint density at radius 3 is 2.76 bits per heavy atom. The van der Waals surface area contributed by atoms with Gasteiger partial charge in [-0.25, -0.2) is 0 Å². The molecule has 6 heteroatoms. The molecule has 0 aliphatic heterocycles. The summed E-state index contributed by atoms with van der Waals surface area (Å²) in [5.41, 5.74) is 4.48. The molecule has 0 N–H and O–H groups in total. The Balaban J connectivity index is 1.90. The molecule has 1 aromatic heterocycles. The fourth-order valence-corrected chi connectivity index (χ4v) is 2.47. The quantitative estimate of drug-likeness (QED) is 0.507. The van der Waals surface area contributed by atoms with Gasteiger partial charge in [0.25, 0.3) is 5.89 Å². The molecule has 0 radical (unpaired) electrons. The van der Waals surface area contributed by atoms with Crippen LogP contribution in [0, 0.1) is 13.8 Å². The number of oxime groups is 1. The maximum Gasteiger partial charge on any atom is 0.280 e. The van der Waals surface area contributed by atoms with Crippen molar-refractivity contribution >= 4 is 5.71 Å². The summed E-state index contributed by atoms with van der Waals surface area (Å²) in [5.74, 6) is 1.15. The van der Waals surface area contributed by atoms with Crippen molar-refractivity contribution in [2.45, 2.75) is 20.5 Å². The first-order valence-electron chi connectivity index (χ1n) is 7.85. The van der Waals surface area contributed by atoms with Crippen molar-refractivity contribution in [1.29, 1.82) is 0 Å². The van der Waals surface area contributed by atoms with E-state index < -0.39 is 0 Å². The van der Waals surface area contributed by atoms with Crippen LogP contribution < -0.4 is 4.74 Å².